The molecule has 0 heterocycles. The molecule has 2 N–H and O–H groups in total. The SMILES string of the molecule is COc1cccc(NC(=O)C[NH+](C)Cc2ccc([N+](=O)[O-])cc2)c1. The van der Waals surface area contributed by atoms with Crippen molar-refractivity contribution in [3.05, 3.63) is 64.2 Å². The molecule has 0 spiro atoms. The highest BCUT2D eigenvalue weighted by Crippen LogP contribution is 2.16. The number of carbonyl (C=O) groups excluding carboxylic acids is 1. The number of anilines is 1. The van der Waals surface area contributed by atoms with Crippen molar-refractivity contribution in [2.45, 2.75) is 6.54 Å². The number of nitro benzene ring substituents is 1. The van der Waals surface area contributed by atoms with Gasteiger partial charge in [-0.3, -0.25) is 14.9 Å². The van der Waals surface area contributed by atoms with Crippen LogP contribution in [0.2, 0.25) is 0 Å². The molecule has 0 radical (unpaired) electrons. The molecule has 126 valence electrons. The summed E-state index contributed by atoms with van der Waals surface area (Å²) in [5.74, 6) is 0.571. The third kappa shape index (κ3) is 5.06. The van der Waals surface area contributed by atoms with Crippen molar-refractivity contribution in [3.8, 4) is 5.75 Å². The molecule has 0 bridgehead atoms. The van der Waals surface area contributed by atoms with E-state index >= 15 is 0 Å². The first kappa shape index (κ1) is 17.4. The van der Waals surface area contributed by atoms with Gasteiger partial charge in [-0.1, -0.05) is 6.07 Å². The normalized spacial score (nSPS) is 11.6. The minimum Gasteiger partial charge on any atom is -0.497 e. The number of nitro groups is 1. The van der Waals surface area contributed by atoms with Crippen LogP contribution < -0.4 is 15.0 Å². The van der Waals surface area contributed by atoms with Crippen LogP contribution in [0.1, 0.15) is 5.56 Å². The number of likely N-dealkylation sites (N-methyl/N-ethyl adjacent to an activating group) is 1. The number of methoxy groups -OCH3 is 1. The molecular formula is C17H20N3O4+. The summed E-state index contributed by atoms with van der Waals surface area (Å²) in [5, 5.41) is 13.5. The first-order valence-electron chi connectivity index (χ1n) is 7.46. The monoisotopic (exact) mass is 330 g/mol. The van der Waals surface area contributed by atoms with Gasteiger partial charge in [0.15, 0.2) is 6.54 Å². The van der Waals surface area contributed by atoms with Crippen LogP contribution in [0.5, 0.6) is 5.75 Å². The number of quaternary nitrogens is 1. The topological polar surface area (TPSA) is 85.9 Å². The van der Waals surface area contributed by atoms with E-state index in [2.05, 4.69) is 5.32 Å². The van der Waals surface area contributed by atoms with Crippen LogP contribution in [-0.4, -0.2) is 31.5 Å². The van der Waals surface area contributed by atoms with Crippen molar-refractivity contribution in [1.82, 2.24) is 0 Å². The minimum atomic E-state index is -0.429. The highest BCUT2D eigenvalue weighted by molar-refractivity contribution is 5.91. The number of carbonyl (C=O) groups is 1. The van der Waals surface area contributed by atoms with Gasteiger partial charge in [-0.05, 0) is 24.3 Å². The van der Waals surface area contributed by atoms with Crippen molar-refractivity contribution in [2.75, 3.05) is 26.0 Å². The van der Waals surface area contributed by atoms with Gasteiger partial charge in [0.2, 0.25) is 0 Å². The second-order valence-corrected chi connectivity index (χ2v) is 5.51. The number of rotatable bonds is 7. The maximum Gasteiger partial charge on any atom is 0.279 e. The highest BCUT2D eigenvalue weighted by Gasteiger charge is 2.12. The lowest BCUT2D eigenvalue weighted by Gasteiger charge is -2.14. The number of hydrogen-bond acceptors (Lipinski definition) is 4. The molecule has 0 aromatic heterocycles. The van der Waals surface area contributed by atoms with Gasteiger partial charge in [-0.15, -0.1) is 0 Å². The molecule has 0 saturated heterocycles. The van der Waals surface area contributed by atoms with Crippen molar-refractivity contribution in [1.29, 1.82) is 0 Å². The van der Waals surface area contributed by atoms with Crippen molar-refractivity contribution >= 4 is 17.3 Å². The summed E-state index contributed by atoms with van der Waals surface area (Å²) in [7, 11) is 3.47. The number of ether oxygens (including phenoxy) is 1. The summed E-state index contributed by atoms with van der Waals surface area (Å²) in [6.45, 7) is 0.887. The molecule has 0 aliphatic carbocycles. The first-order valence-corrected chi connectivity index (χ1v) is 7.46. The summed E-state index contributed by atoms with van der Waals surface area (Å²) in [6.07, 6.45) is 0. The molecule has 2 aromatic rings. The molecule has 1 atom stereocenters. The molecule has 7 nitrogen and oxygen atoms in total. The van der Waals surface area contributed by atoms with Gasteiger partial charge in [0.1, 0.15) is 12.3 Å². The molecule has 0 saturated carbocycles. The zero-order chi connectivity index (χ0) is 17.5. The van der Waals surface area contributed by atoms with Crippen LogP contribution >= 0.6 is 0 Å². The Labute approximate surface area is 140 Å². The van der Waals surface area contributed by atoms with Gasteiger partial charge in [-0.2, -0.15) is 0 Å². The Morgan fingerprint density at radius 3 is 2.58 bits per heavy atom. The first-order chi connectivity index (χ1) is 11.5. The molecule has 2 aromatic carbocycles. The summed E-state index contributed by atoms with van der Waals surface area (Å²) >= 11 is 0. The Hall–Kier alpha value is -2.93. The van der Waals surface area contributed by atoms with Crippen LogP contribution in [0.25, 0.3) is 0 Å². The maximum atomic E-state index is 12.1. The third-order valence-corrected chi connectivity index (χ3v) is 3.47. The van der Waals surface area contributed by atoms with E-state index in [9.17, 15) is 14.9 Å². The Morgan fingerprint density at radius 2 is 1.96 bits per heavy atom. The molecule has 1 unspecified atom stereocenters. The maximum absolute atomic E-state index is 12.1. The van der Waals surface area contributed by atoms with E-state index in [1.807, 2.05) is 19.2 Å². The number of non-ortho nitro benzene ring substituents is 1. The molecule has 7 heteroatoms. The van der Waals surface area contributed by atoms with Crippen molar-refractivity contribution < 1.29 is 19.4 Å². The number of nitrogens with zero attached hydrogens (tertiary/aromatic N) is 1. The van der Waals surface area contributed by atoms with E-state index < -0.39 is 4.92 Å². The summed E-state index contributed by atoms with van der Waals surface area (Å²) < 4.78 is 5.12. The van der Waals surface area contributed by atoms with E-state index in [4.69, 9.17) is 4.74 Å². The van der Waals surface area contributed by atoms with Gasteiger partial charge in [-0.25, -0.2) is 0 Å². The zero-order valence-electron chi connectivity index (χ0n) is 13.6. The summed E-state index contributed by atoms with van der Waals surface area (Å²) in [4.78, 5) is 23.3. The molecule has 2 rings (SSSR count). The molecule has 24 heavy (non-hydrogen) atoms. The number of amides is 1. The van der Waals surface area contributed by atoms with Crippen molar-refractivity contribution in [2.24, 2.45) is 0 Å². The number of benzene rings is 2. The Balaban J connectivity index is 1.87. The third-order valence-electron chi connectivity index (χ3n) is 3.47. The lowest BCUT2D eigenvalue weighted by Crippen LogP contribution is -3.08. The van der Waals surface area contributed by atoms with Crippen LogP contribution in [-0.2, 0) is 11.3 Å². The standard InChI is InChI=1S/C17H19N3O4/c1-19(11-13-6-8-15(9-7-13)20(22)23)12-17(21)18-14-4-3-5-16(10-14)24-2/h3-10H,11-12H2,1-2H3,(H,18,21)/p+1. The summed E-state index contributed by atoms with van der Waals surface area (Å²) in [6, 6.07) is 13.5. The van der Waals surface area contributed by atoms with Crippen LogP contribution in [0.3, 0.4) is 0 Å². The van der Waals surface area contributed by atoms with Gasteiger partial charge < -0.3 is 15.0 Å². The minimum absolute atomic E-state index is 0.0622. The average Bonchev–Trinajstić information content (AvgIpc) is 2.55. The van der Waals surface area contributed by atoms with Crippen molar-refractivity contribution in [3.63, 3.8) is 0 Å². The smallest absolute Gasteiger partial charge is 0.279 e. The van der Waals surface area contributed by atoms with Crippen LogP contribution in [0, 0.1) is 10.1 Å². The Kier molecular flexibility index (Phi) is 5.86. The molecule has 0 aliphatic rings. The fraction of sp³-hybridized carbons (Fsp3) is 0.235. The van der Waals surface area contributed by atoms with Gasteiger partial charge >= 0.3 is 0 Å². The van der Waals surface area contributed by atoms with Gasteiger partial charge in [0, 0.05) is 29.4 Å². The predicted octanol–water partition coefficient (Wildman–Crippen LogP) is 1.26. The quantitative estimate of drug-likeness (QED) is 0.591. The largest absolute Gasteiger partial charge is 0.497 e. The average molecular weight is 330 g/mol. The second-order valence-electron chi connectivity index (χ2n) is 5.51. The second kappa shape index (κ2) is 8.07. The van der Waals surface area contributed by atoms with E-state index in [0.717, 1.165) is 10.5 Å². The molecule has 1 amide bonds. The Morgan fingerprint density at radius 1 is 1.25 bits per heavy atom. The number of hydrogen-bond donors (Lipinski definition) is 2. The molecule has 0 aliphatic heterocycles. The molecular weight excluding hydrogens is 310 g/mol. The lowest BCUT2D eigenvalue weighted by atomic mass is 10.2. The number of nitrogens with one attached hydrogen (secondary N) is 2. The lowest BCUT2D eigenvalue weighted by molar-refractivity contribution is -0.885. The predicted molar refractivity (Wildman–Crippen MR) is 90.2 cm³/mol. The van der Waals surface area contributed by atoms with Crippen LogP contribution in [0.4, 0.5) is 11.4 Å². The fourth-order valence-electron chi connectivity index (χ4n) is 2.33. The van der Waals surface area contributed by atoms with Gasteiger partial charge in [0.05, 0.1) is 19.1 Å². The van der Waals surface area contributed by atoms with E-state index in [0.29, 0.717) is 18.0 Å². The fourth-order valence-corrected chi connectivity index (χ4v) is 2.33. The van der Waals surface area contributed by atoms with Crippen LogP contribution in [0.15, 0.2) is 48.5 Å². The van der Waals surface area contributed by atoms with E-state index in [-0.39, 0.29) is 18.1 Å². The van der Waals surface area contributed by atoms with Gasteiger partial charge in [0.25, 0.3) is 11.6 Å². The summed E-state index contributed by atoms with van der Waals surface area (Å²) in [5.41, 5.74) is 1.68. The van der Waals surface area contributed by atoms with E-state index in [1.54, 1.807) is 31.4 Å². The highest BCUT2D eigenvalue weighted by atomic mass is 16.6. The zero-order valence-corrected chi connectivity index (χ0v) is 13.6. The Bertz CT molecular complexity index is 716. The van der Waals surface area contributed by atoms with E-state index in [1.165, 1.54) is 12.1 Å². The molecule has 0 fully saturated rings.